The van der Waals surface area contributed by atoms with Crippen LogP contribution in [0.4, 0.5) is 15.5 Å². The zero-order valence-corrected chi connectivity index (χ0v) is 24.7. The highest BCUT2D eigenvalue weighted by atomic mass is 35.5. The van der Waals surface area contributed by atoms with E-state index in [4.69, 9.17) is 16.3 Å². The minimum Gasteiger partial charge on any atom is -0.396 e. The van der Waals surface area contributed by atoms with Gasteiger partial charge in [-0.25, -0.2) is 0 Å². The first kappa shape index (κ1) is 28.3. The van der Waals surface area contributed by atoms with Gasteiger partial charge in [-0.15, -0.1) is 0 Å². The quantitative estimate of drug-likeness (QED) is 0.324. The lowest BCUT2D eigenvalue weighted by Gasteiger charge is -2.31. The number of carbonyl (C=O) groups excluding carboxylic acids is 2. The fourth-order valence-corrected chi connectivity index (χ4v) is 9.73. The maximum atomic E-state index is 15.7. The molecule has 0 unspecified atom stereocenters. The highest BCUT2D eigenvalue weighted by molar-refractivity contribution is 6.72. The maximum Gasteiger partial charge on any atom is 0.264 e. The van der Waals surface area contributed by atoms with Crippen LogP contribution < -0.4 is 9.80 Å². The molecule has 3 aliphatic heterocycles. The normalized spacial score (nSPS) is 27.7. The van der Waals surface area contributed by atoms with Gasteiger partial charge < -0.3 is 23.8 Å². The van der Waals surface area contributed by atoms with Crippen molar-refractivity contribution < 1.29 is 23.5 Å². The van der Waals surface area contributed by atoms with E-state index in [0.717, 1.165) is 36.9 Å². The standard InChI is InChI=1S/C30H38ClFN2O4Si/c1-20-28(39(2,3)32)26(14-16-35)38-30(20)24-18-22(31)12-13-25(24)34(29(30)37)19-21-9-8-10-23(17-21)33-15-7-5-4-6-11-27(33)36/h8-10,12-13,17-18,20,26,28,35H,4-7,11,14-16,19H2,1-3H3/t20-,26+,28-,30+/m0/s1. The molecule has 39 heavy (non-hydrogen) atoms. The van der Waals surface area contributed by atoms with Gasteiger partial charge in [-0.2, -0.15) is 0 Å². The molecule has 2 amide bonds. The van der Waals surface area contributed by atoms with E-state index < -0.39 is 31.6 Å². The molecule has 210 valence electrons. The van der Waals surface area contributed by atoms with E-state index in [1.807, 2.05) is 42.2 Å². The van der Waals surface area contributed by atoms with Crippen LogP contribution in [0, 0.1) is 5.92 Å². The third-order valence-corrected chi connectivity index (χ3v) is 11.4. The van der Waals surface area contributed by atoms with E-state index in [0.29, 0.717) is 29.2 Å². The van der Waals surface area contributed by atoms with Crippen LogP contribution in [0.25, 0.3) is 0 Å². The highest BCUT2D eigenvalue weighted by Crippen LogP contribution is 2.60. The van der Waals surface area contributed by atoms with Crippen molar-refractivity contribution in [2.24, 2.45) is 5.92 Å². The third-order valence-electron chi connectivity index (χ3n) is 8.72. The molecule has 2 aromatic rings. The van der Waals surface area contributed by atoms with Crippen molar-refractivity contribution in [1.82, 2.24) is 0 Å². The summed E-state index contributed by atoms with van der Waals surface area (Å²) in [6.07, 6.45) is 4.34. The minimum atomic E-state index is -3.26. The predicted molar refractivity (Wildman–Crippen MR) is 154 cm³/mol. The van der Waals surface area contributed by atoms with Crippen LogP contribution in [-0.2, 0) is 26.5 Å². The maximum absolute atomic E-state index is 15.7. The number of halogens is 2. The summed E-state index contributed by atoms with van der Waals surface area (Å²) >= 11 is 6.43. The van der Waals surface area contributed by atoms with Gasteiger partial charge in [0.05, 0.1) is 18.3 Å². The summed E-state index contributed by atoms with van der Waals surface area (Å²) in [6.45, 7) is 6.03. The second-order valence-electron chi connectivity index (χ2n) is 11.7. The molecular weight excluding hydrogens is 535 g/mol. The number of nitrogens with zero attached hydrogens (tertiary/aromatic N) is 2. The van der Waals surface area contributed by atoms with Gasteiger partial charge in [0.25, 0.3) is 5.91 Å². The molecule has 5 rings (SSSR count). The average Bonchev–Trinajstić information content (AvgIpc) is 3.29. The number of hydrogen-bond donors (Lipinski definition) is 1. The van der Waals surface area contributed by atoms with Crippen molar-refractivity contribution in [3.8, 4) is 0 Å². The topological polar surface area (TPSA) is 70.1 Å². The Labute approximate surface area is 236 Å². The molecule has 2 aromatic carbocycles. The Kier molecular flexibility index (Phi) is 7.94. The number of fused-ring (bicyclic) bond motifs is 2. The lowest BCUT2D eigenvalue weighted by atomic mass is 9.82. The molecule has 0 aromatic heterocycles. The fraction of sp³-hybridized carbons (Fsp3) is 0.533. The van der Waals surface area contributed by atoms with Gasteiger partial charge in [0.1, 0.15) is 0 Å². The Morgan fingerprint density at radius 1 is 1.13 bits per heavy atom. The average molecular weight is 573 g/mol. The summed E-state index contributed by atoms with van der Waals surface area (Å²) in [5.74, 6) is -0.528. The van der Waals surface area contributed by atoms with Crippen LogP contribution in [0.3, 0.4) is 0 Å². The van der Waals surface area contributed by atoms with Crippen LogP contribution in [0.5, 0.6) is 0 Å². The first-order chi connectivity index (χ1) is 18.6. The summed E-state index contributed by atoms with van der Waals surface area (Å²) in [4.78, 5) is 30.8. The number of benzene rings is 2. The monoisotopic (exact) mass is 572 g/mol. The summed E-state index contributed by atoms with van der Waals surface area (Å²) in [7, 11) is -3.26. The van der Waals surface area contributed by atoms with E-state index in [1.54, 1.807) is 30.1 Å². The number of carbonyl (C=O) groups is 2. The van der Waals surface area contributed by atoms with Gasteiger partial charge in [0.15, 0.2) is 5.60 Å². The van der Waals surface area contributed by atoms with Crippen LogP contribution >= 0.6 is 11.6 Å². The Morgan fingerprint density at radius 3 is 2.64 bits per heavy atom. The first-order valence-corrected chi connectivity index (χ1v) is 17.4. The molecular formula is C30H38ClFN2O4Si. The van der Waals surface area contributed by atoms with Crippen LogP contribution in [0.2, 0.25) is 23.7 Å². The largest absolute Gasteiger partial charge is 0.396 e. The lowest BCUT2D eigenvalue weighted by Crippen LogP contribution is -2.45. The molecule has 3 heterocycles. The molecule has 0 saturated carbocycles. The summed E-state index contributed by atoms with van der Waals surface area (Å²) in [6, 6.07) is 13.2. The second-order valence-corrected chi connectivity index (χ2v) is 15.9. The Bertz CT molecular complexity index is 1250. The Morgan fingerprint density at radius 2 is 1.90 bits per heavy atom. The van der Waals surface area contributed by atoms with Crippen LogP contribution in [0.15, 0.2) is 42.5 Å². The predicted octanol–water partition coefficient (Wildman–Crippen LogP) is 6.34. The van der Waals surface area contributed by atoms with Crippen molar-refractivity contribution in [2.45, 2.75) is 82.3 Å². The van der Waals surface area contributed by atoms with Gasteiger partial charge in [-0.3, -0.25) is 9.59 Å². The number of ether oxygens (including phenoxy) is 1. The van der Waals surface area contributed by atoms with Gasteiger partial charge in [0.2, 0.25) is 14.3 Å². The number of aliphatic hydroxyl groups is 1. The van der Waals surface area contributed by atoms with Crippen molar-refractivity contribution in [3.63, 3.8) is 0 Å². The molecule has 3 aliphatic rings. The van der Waals surface area contributed by atoms with Gasteiger partial charge in [-0.1, -0.05) is 43.5 Å². The first-order valence-electron chi connectivity index (χ1n) is 14.1. The molecule has 9 heteroatoms. The number of amides is 2. The highest BCUT2D eigenvalue weighted by Gasteiger charge is 2.66. The molecule has 6 nitrogen and oxygen atoms in total. The molecule has 2 saturated heterocycles. The number of hydrogen-bond acceptors (Lipinski definition) is 4. The van der Waals surface area contributed by atoms with Gasteiger partial charge >= 0.3 is 0 Å². The van der Waals surface area contributed by atoms with Crippen molar-refractivity contribution in [3.05, 3.63) is 58.6 Å². The van der Waals surface area contributed by atoms with Crippen LogP contribution in [-0.4, -0.2) is 44.6 Å². The molecule has 0 radical (unpaired) electrons. The molecule has 0 bridgehead atoms. The third kappa shape index (κ3) is 5.05. The smallest absolute Gasteiger partial charge is 0.264 e. The fourth-order valence-electron chi connectivity index (χ4n) is 7.01. The summed E-state index contributed by atoms with van der Waals surface area (Å²) in [5.41, 5.74) is 1.27. The van der Waals surface area contributed by atoms with Crippen molar-refractivity contribution in [1.29, 1.82) is 0 Å². The van der Waals surface area contributed by atoms with E-state index >= 15 is 4.11 Å². The number of aliphatic hydroxyl groups excluding tert-OH is 1. The molecule has 1 spiro atoms. The summed E-state index contributed by atoms with van der Waals surface area (Å²) in [5, 5.41) is 10.2. The summed E-state index contributed by atoms with van der Waals surface area (Å²) < 4.78 is 22.2. The van der Waals surface area contributed by atoms with E-state index in [-0.39, 0.29) is 31.4 Å². The van der Waals surface area contributed by atoms with Crippen molar-refractivity contribution >= 4 is 43.2 Å². The molecule has 2 fully saturated rings. The number of anilines is 2. The molecule has 4 atom stereocenters. The Hall–Kier alpha value is -2.26. The number of rotatable bonds is 6. The lowest BCUT2D eigenvalue weighted by molar-refractivity contribution is -0.146. The van der Waals surface area contributed by atoms with Crippen LogP contribution in [0.1, 0.15) is 56.6 Å². The zero-order chi connectivity index (χ0) is 27.9. The van der Waals surface area contributed by atoms with E-state index in [9.17, 15) is 14.7 Å². The Balaban J connectivity index is 1.51. The van der Waals surface area contributed by atoms with Crippen molar-refractivity contribution in [2.75, 3.05) is 23.0 Å². The van der Waals surface area contributed by atoms with E-state index in [1.165, 1.54) is 0 Å². The SMILES string of the molecule is C[C@H]1[C@H]([Si](C)(C)F)[C@@H](CCO)O[C@]12C(=O)N(Cc1cccc(N3CCCCCCC3=O)c1)c1ccc(Cl)cc12. The van der Waals surface area contributed by atoms with Gasteiger partial charge in [0, 0.05) is 47.3 Å². The molecule has 1 N–H and O–H groups in total. The minimum absolute atomic E-state index is 0.134. The van der Waals surface area contributed by atoms with Gasteiger partial charge in [-0.05, 0) is 68.3 Å². The van der Waals surface area contributed by atoms with E-state index in [2.05, 4.69) is 0 Å². The second kappa shape index (κ2) is 11.0. The zero-order valence-electron chi connectivity index (χ0n) is 23.0. The molecule has 0 aliphatic carbocycles.